The number of anilines is 1. The molecule has 1 N–H and O–H groups in total. The number of hydrazone groups is 1. The molecule has 0 aliphatic carbocycles. The van der Waals surface area contributed by atoms with Crippen molar-refractivity contribution in [1.82, 2.24) is 10.4 Å². The number of hydrogen-bond donors (Lipinski definition) is 1. The number of amides is 1. The Balaban J connectivity index is 1.12. The van der Waals surface area contributed by atoms with Crippen LogP contribution in [0.2, 0.25) is 0 Å². The number of thiazole rings is 1. The molecule has 6 nitrogen and oxygen atoms in total. The van der Waals surface area contributed by atoms with E-state index in [4.69, 9.17) is 4.74 Å². The van der Waals surface area contributed by atoms with Gasteiger partial charge in [-0.25, -0.2) is 10.4 Å². The van der Waals surface area contributed by atoms with Gasteiger partial charge in [0.25, 0.3) is 5.91 Å². The van der Waals surface area contributed by atoms with Crippen molar-refractivity contribution in [2.45, 2.75) is 10.1 Å². The Morgan fingerprint density at radius 2 is 1.91 bits per heavy atom. The van der Waals surface area contributed by atoms with E-state index >= 15 is 0 Å². The smallest absolute Gasteiger partial charge is 0.271 e. The molecule has 33 heavy (non-hydrogen) atoms. The largest absolute Gasteiger partial charge is 0.378 e. The van der Waals surface area contributed by atoms with Crippen LogP contribution in [0.15, 0.2) is 70.1 Å². The first kappa shape index (κ1) is 22.1. The van der Waals surface area contributed by atoms with E-state index in [0.717, 1.165) is 52.4 Å². The standard InChI is InChI=1S/C24H22N4O2S3/c29-23(27-25-15-19-9-10-22(32-19)28-11-13-30-14-12-28)18-7-5-17(6-8-18)16-31-24-26-20-3-1-2-4-21(20)33-24/h1-10,15H,11-14,16H2,(H,27,29)/b25-15+. The number of morpholine rings is 1. The number of fused-ring (bicyclic) bond motifs is 1. The van der Waals surface area contributed by atoms with Crippen LogP contribution < -0.4 is 10.3 Å². The van der Waals surface area contributed by atoms with Crippen LogP contribution in [0.4, 0.5) is 5.00 Å². The Labute approximate surface area is 204 Å². The Kier molecular flexibility index (Phi) is 7.01. The van der Waals surface area contributed by atoms with E-state index < -0.39 is 0 Å². The summed E-state index contributed by atoms with van der Waals surface area (Å²) in [5.74, 6) is 0.588. The molecule has 1 amide bonds. The van der Waals surface area contributed by atoms with E-state index in [1.54, 1.807) is 40.7 Å². The molecule has 0 saturated carbocycles. The molecule has 1 aliphatic heterocycles. The molecule has 0 unspecified atom stereocenters. The highest BCUT2D eigenvalue weighted by atomic mass is 32.2. The minimum Gasteiger partial charge on any atom is -0.378 e. The minimum absolute atomic E-state index is 0.221. The summed E-state index contributed by atoms with van der Waals surface area (Å²) >= 11 is 5.07. The molecule has 9 heteroatoms. The van der Waals surface area contributed by atoms with E-state index in [2.05, 4.69) is 32.5 Å². The quantitative estimate of drug-likeness (QED) is 0.216. The SMILES string of the molecule is O=C(N/N=C/c1ccc(N2CCOCC2)s1)c1ccc(CSc2nc3ccccc3s2)cc1. The second-order valence-electron chi connectivity index (χ2n) is 7.41. The molecule has 0 radical (unpaired) electrons. The van der Waals surface area contributed by atoms with E-state index in [-0.39, 0.29) is 5.91 Å². The number of hydrogen-bond acceptors (Lipinski definition) is 8. The lowest BCUT2D eigenvalue weighted by atomic mass is 10.1. The zero-order chi connectivity index (χ0) is 22.5. The van der Waals surface area contributed by atoms with Crippen LogP contribution in [-0.2, 0) is 10.5 Å². The number of benzene rings is 2. The van der Waals surface area contributed by atoms with Crippen LogP contribution in [0.1, 0.15) is 20.8 Å². The molecule has 1 saturated heterocycles. The van der Waals surface area contributed by atoms with Gasteiger partial charge in [-0.05, 0) is 42.0 Å². The predicted molar refractivity (Wildman–Crippen MR) is 138 cm³/mol. The van der Waals surface area contributed by atoms with Crippen molar-refractivity contribution in [1.29, 1.82) is 0 Å². The van der Waals surface area contributed by atoms with Crippen LogP contribution in [0.25, 0.3) is 10.2 Å². The molecule has 168 valence electrons. The Morgan fingerprint density at radius 3 is 2.73 bits per heavy atom. The monoisotopic (exact) mass is 494 g/mol. The first-order chi connectivity index (χ1) is 16.2. The molecule has 0 bridgehead atoms. The summed E-state index contributed by atoms with van der Waals surface area (Å²) < 4.78 is 7.65. The lowest BCUT2D eigenvalue weighted by Crippen LogP contribution is -2.35. The Hall–Kier alpha value is -2.72. The van der Waals surface area contributed by atoms with Crippen LogP contribution in [0.3, 0.4) is 0 Å². The molecule has 1 aliphatic rings. The first-order valence-electron chi connectivity index (χ1n) is 10.6. The van der Waals surface area contributed by atoms with Crippen molar-refractivity contribution in [2.24, 2.45) is 5.10 Å². The number of rotatable bonds is 7. The van der Waals surface area contributed by atoms with Gasteiger partial charge in [0, 0.05) is 29.3 Å². The number of ether oxygens (including phenoxy) is 1. The van der Waals surface area contributed by atoms with Gasteiger partial charge in [-0.3, -0.25) is 4.79 Å². The first-order valence-corrected chi connectivity index (χ1v) is 13.2. The molecular formula is C24H22N4O2S3. The number of carbonyl (C=O) groups excluding carboxylic acids is 1. The van der Waals surface area contributed by atoms with E-state index in [9.17, 15) is 4.79 Å². The van der Waals surface area contributed by atoms with E-state index in [1.165, 1.54) is 9.70 Å². The summed E-state index contributed by atoms with van der Waals surface area (Å²) in [7, 11) is 0. The molecule has 3 heterocycles. The van der Waals surface area contributed by atoms with Gasteiger partial charge in [0.1, 0.15) is 0 Å². The van der Waals surface area contributed by atoms with Gasteiger partial charge < -0.3 is 9.64 Å². The number of aromatic nitrogens is 1. The summed E-state index contributed by atoms with van der Waals surface area (Å²) in [5, 5.41) is 5.33. The number of thiophene rings is 1. The fourth-order valence-corrected chi connectivity index (χ4v) is 6.35. The van der Waals surface area contributed by atoms with Crippen molar-refractivity contribution >= 4 is 61.8 Å². The number of nitrogens with one attached hydrogen (secondary N) is 1. The van der Waals surface area contributed by atoms with Crippen molar-refractivity contribution in [3.05, 3.63) is 76.7 Å². The lowest BCUT2D eigenvalue weighted by molar-refractivity contribution is 0.0955. The van der Waals surface area contributed by atoms with Crippen LogP contribution in [0.5, 0.6) is 0 Å². The van der Waals surface area contributed by atoms with Gasteiger partial charge in [0.05, 0.1) is 34.6 Å². The number of thioether (sulfide) groups is 1. The summed E-state index contributed by atoms with van der Waals surface area (Å²) in [5.41, 5.74) is 5.39. The maximum Gasteiger partial charge on any atom is 0.271 e. The average molecular weight is 495 g/mol. The fourth-order valence-electron chi connectivity index (χ4n) is 3.39. The lowest BCUT2D eigenvalue weighted by Gasteiger charge is -2.27. The zero-order valence-electron chi connectivity index (χ0n) is 17.8. The number of para-hydroxylation sites is 1. The van der Waals surface area contributed by atoms with Crippen LogP contribution in [0, 0.1) is 0 Å². The van der Waals surface area contributed by atoms with Gasteiger partial charge in [0.2, 0.25) is 0 Å². The third-order valence-electron chi connectivity index (χ3n) is 5.15. The maximum absolute atomic E-state index is 12.4. The van der Waals surface area contributed by atoms with Crippen LogP contribution >= 0.6 is 34.4 Å². The Bertz CT molecular complexity index is 1230. The van der Waals surface area contributed by atoms with Crippen molar-refractivity contribution < 1.29 is 9.53 Å². The van der Waals surface area contributed by atoms with Crippen molar-refractivity contribution in [2.75, 3.05) is 31.2 Å². The van der Waals surface area contributed by atoms with Gasteiger partial charge >= 0.3 is 0 Å². The highest BCUT2D eigenvalue weighted by Gasteiger charge is 2.13. The van der Waals surface area contributed by atoms with Crippen LogP contribution in [-0.4, -0.2) is 43.4 Å². The second-order valence-corrected chi connectivity index (χ2v) is 10.8. The summed E-state index contributed by atoms with van der Waals surface area (Å²) in [6, 6.07) is 19.9. The van der Waals surface area contributed by atoms with Gasteiger partial charge in [-0.2, -0.15) is 5.10 Å². The van der Waals surface area contributed by atoms with Gasteiger partial charge in [-0.1, -0.05) is 36.0 Å². The fraction of sp³-hybridized carbons (Fsp3) is 0.208. The normalized spacial score (nSPS) is 14.2. The third kappa shape index (κ3) is 5.62. The minimum atomic E-state index is -0.221. The summed E-state index contributed by atoms with van der Waals surface area (Å²) in [6.45, 7) is 3.33. The van der Waals surface area contributed by atoms with Gasteiger partial charge in [0.15, 0.2) is 4.34 Å². The third-order valence-corrected chi connectivity index (χ3v) is 8.48. The van der Waals surface area contributed by atoms with E-state index in [0.29, 0.717) is 5.56 Å². The second kappa shape index (κ2) is 10.5. The topological polar surface area (TPSA) is 66.8 Å². The molecule has 1 fully saturated rings. The van der Waals surface area contributed by atoms with Gasteiger partial charge in [-0.15, -0.1) is 22.7 Å². The molecule has 2 aromatic carbocycles. The van der Waals surface area contributed by atoms with Crippen molar-refractivity contribution in [3.8, 4) is 0 Å². The number of carbonyl (C=O) groups is 1. The Morgan fingerprint density at radius 1 is 1.09 bits per heavy atom. The van der Waals surface area contributed by atoms with E-state index in [1.807, 2.05) is 48.5 Å². The molecule has 4 aromatic rings. The number of nitrogens with zero attached hydrogens (tertiary/aromatic N) is 3. The zero-order valence-corrected chi connectivity index (χ0v) is 20.2. The molecular weight excluding hydrogens is 472 g/mol. The van der Waals surface area contributed by atoms with Crippen molar-refractivity contribution in [3.63, 3.8) is 0 Å². The highest BCUT2D eigenvalue weighted by Crippen LogP contribution is 2.31. The predicted octanol–water partition coefficient (Wildman–Crippen LogP) is 5.25. The highest BCUT2D eigenvalue weighted by molar-refractivity contribution is 8.00. The molecule has 0 spiro atoms. The maximum atomic E-state index is 12.4. The summed E-state index contributed by atoms with van der Waals surface area (Å²) in [4.78, 5) is 20.4. The summed E-state index contributed by atoms with van der Waals surface area (Å²) in [6.07, 6.45) is 1.69. The molecule has 5 rings (SSSR count). The average Bonchev–Trinajstić information content (AvgIpc) is 3.50. The molecule has 2 aromatic heterocycles. The molecule has 0 atom stereocenters.